The standard InChI is InChI=1S/C10H24N2O/c1-6-12(9(2)7-13-5)10(3,4)8-11/h9H,6-8,11H2,1-5H3. The third kappa shape index (κ3) is 3.63. The van der Waals surface area contributed by atoms with Crippen LogP contribution in [0, 0.1) is 0 Å². The second kappa shape index (κ2) is 5.58. The molecule has 0 saturated heterocycles. The van der Waals surface area contributed by atoms with Crippen molar-refractivity contribution < 1.29 is 4.74 Å². The summed E-state index contributed by atoms with van der Waals surface area (Å²) in [6.45, 7) is 11.1. The molecule has 0 saturated carbocycles. The molecule has 3 nitrogen and oxygen atoms in total. The summed E-state index contributed by atoms with van der Waals surface area (Å²) < 4.78 is 5.14. The molecular formula is C10H24N2O. The lowest BCUT2D eigenvalue weighted by atomic mass is 10.0. The molecule has 0 amide bonds. The molecule has 0 fully saturated rings. The summed E-state index contributed by atoms with van der Waals surface area (Å²) in [7, 11) is 1.74. The molecule has 0 aliphatic heterocycles. The number of methoxy groups -OCH3 is 1. The molecule has 2 N–H and O–H groups in total. The van der Waals surface area contributed by atoms with Gasteiger partial charge in [-0.25, -0.2) is 0 Å². The lowest BCUT2D eigenvalue weighted by Gasteiger charge is -2.41. The number of rotatable bonds is 6. The van der Waals surface area contributed by atoms with Crippen LogP contribution in [0.4, 0.5) is 0 Å². The highest BCUT2D eigenvalue weighted by Crippen LogP contribution is 2.15. The summed E-state index contributed by atoms with van der Waals surface area (Å²) in [5.74, 6) is 0. The second-order valence-electron chi connectivity index (χ2n) is 4.11. The highest BCUT2D eigenvalue weighted by atomic mass is 16.5. The molecule has 0 aromatic rings. The van der Waals surface area contributed by atoms with Gasteiger partial charge in [-0.3, -0.25) is 4.90 Å². The van der Waals surface area contributed by atoms with E-state index in [1.54, 1.807) is 7.11 Å². The number of nitrogens with two attached hydrogens (primary N) is 1. The summed E-state index contributed by atoms with van der Waals surface area (Å²) in [6.07, 6.45) is 0. The number of hydrogen-bond acceptors (Lipinski definition) is 3. The van der Waals surface area contributed by atoms with Gasteiger partial charge in [0, 0.05) is 25.2 Å². The molecule has 1 unspecified atom stereocenters. The zero-order valence-corrected chi connectivity index (χ0v) is 9.63. The van der Waals surface area contributed by atoms with Gasteiger partial charge in [0.25, 0.3) is 0 Å². The number of likely N-dealkylation sites (N-methyl/N-ethyl adjacent to an activating group) is 1. The van der Waals surface area contributed by atoms with Crippen molar-refractivity contribution in [3.63, 3.8) is 0 Å². The van der Waals surface area contributed by atoms with E-state index in [-0.39, 0.29) is 5.54 Å². The van der Waals surface area contributed by atoms with E-state index in [0.29, 0.717) is 12.6 Å². The van der Waals surface area contributed by atoms with Gasteiger partial charge in [0.05, 0.1) is 6.61 Å². The molecule has 0 heterocycles. The van der Waals surface area contributed by atoms with E-state index < -0.39 is 0 Å². The van der Waals surface area contributed by atoms with E-state index in [9.17, 15) is 0 Å². The molecule has 0 radical (unpaired) electrons. The van der Waals surface area contributed by atoms with Crippen LogP contribution in [0.1, 0.15) is 27.7 Å². The van der Waals surface area contributed by atoms with Gasteiger partial charge in [0.15, 0.2) is 0 Å². The highest BCUT2D eigenvalue weighted by Gasteiger charge is 2.27. The third-order valence-electron chi connectivity index (χ3n) is 2.56. The number of nitrogens with zero attached hydrogens (tertiary/aromatic N) is 1. The van der Waals surface area contributed by atoms with Crippen LogP contribution in [0.25, 0.3) is 0 Å². The van der Waals surface area contributed by atoms with Gasteiger partial charge >= 0.3 is 0 Å². The Labute approximate surface area is 82.2 Å². The van der Waals surface area contributed by atoms with Gasteiger partial charge in [0.2, 0.25) is 0 Å². The Bertz CT molecular complexity index is 137. The fourth-order valence-electron chi connectivity index (χ4n) is 1.78. The van der Waals surface area contributed by atoms with Gasteiger partial charge in [-0.05, 0) is 27.3 Å². The van der Waals surface area contributed by atoms with Crippen molar-refractivity contribution in [2.75, 3.05) is 26.8 Å². The second-order valence-corrected chi connectivity index (χ2v) is 4.11. The van der Waals surface area contributed by atoms with Crippen molar-refractivity contribution in [2.45, 2.75) is 39.3 Å². The lowest BCUT2D eigenvalue weighted by molar-refractivity contribution is 0.0388. The number of hydrogen-bond donors (Lipinski definition) is 1. The van der Waals surface area contributed by atoms with Crippen molar-refractivity contribution in [2.24, 2.45) is 5.73 Å². The fraction of sp³-hybridized carbons (Fsp3) is 1.00. The smallest absolute Gasteiger partial charge is 0.0615 e. The Hall–Kier alpha value is -0.120. The maximum atomic E-state index is 5.73. The molecular weight excluding hydrogens is 164 g/mol. The average Bonchev–Trinajstić information content (AvgIpc) is 2.05. The largest absolute Gasteiger partial charge is 0.383 e. The summed E-state index contributed by atoms with van der Waals surface area (Å²) in [6, 6.07) is 0.425. The molecule has 3 heteroatoms. The van der Waals surface area contributed by atoms with Crippen LogP contribution in [0.5, 0.6) is 0 Å². The zero-order valence-electron chi connectivity index (χ0n) is 9.63. The normalized spacial score (nSPS) is 15.0. The predicted molar refractivity (Wildman–Crippen MR) is 56.9 cm³/mol. The van der Waals surface area contributed by atoms with Gasteiger partial charge < -0.3 is 10.5 Å². The summed E-state index contributed by atoms with van der Waals surface area (Å²) in [5, 5.41) is 0. The first-order valence-corrected chi connectivity index (χ1v) is 4.95. The van der Waals surface area contributed by atoms with Gasteiger partial charge in [-0.1, -0.05) is 6.92 Å². The van der Waals surface area contributed by atoms with Crippen LogP contribution in [-0.2, 0) is 4.74 Å². The average molecular weight is 188 g/mol. The van der Waals surface area contributed by atoms with Gasteiger partial charge in [-0.15, -0.1) is 0 Å². The Morgan fingerprint density at radius 3 is 2.31 bits per heavy atom. The summed E-state index contributed by atoms with van der Waals surface area (Å²) in [5.41, 5.74) is 5.80. The van der Waals surface area contributed by atoms with Crippen LogP contribution in [0.15, 0.2) is 0 Å². The lowest BCUT2D eigenvalue weighted by Crippen LogP contribution is -2.54. The molecule has 0 rings (SSSR count). The first-order chi connectivity index (χ1) is 5.99. The van der Waals surface area contributed by atoms with E-state index in [1.807, 2.05) is 0 Å². The minimum Gasteiger partial charge on any atom is -0.383 e. The first kappa shape index (κ1) is 12.9. The minimum atomic E-state index is 0.0622. The monoisotopic (exact) mass is 188 g/mol. The van der Waals surface area contributed by atoms with Crippen molar-refractivity contribution in [3.05, 3.63) is 0 Å². The molecule has 0 aliphatic carbocycles. The van der Waals surface area contributed by atoms with E-state index in [4.69, 9.17) is 10.5 Å². The molecule has 0 aromatic carbocycles. The van der Waals surface area contributed by atoms with E-state index in [0.717, 1.165) is 13.2 Å². The summed E-state index contributed by atoms with van der Waals surface area (Å²) >= 11 is 0. The molecule has 0 aromatic heterocycles. The third-order valence-corrected chi connectivity index (χ3v) is 2.56. The van der Waals surface area contributed by atoms with Crippen LogP contribution in [0.3, 0.4) is 0 Å². The topological polar surface area (TPSA) is 38.5 Å². The van der Waals surface area contributed by atoms with Crippen molar-refractivity contribution >= 4 is 0 Å². The molecule has 0 bridgehead atoms. The zero-order chi connectivity index (χ0) is 10.5. The maximum absolute atomic E-state index is 5.73. The molecule has 80 valence electrons. The van der Waals surface area contributed by atoms with Crippen LogP contribution in [-0.4, -0.2) is 43.3 Å². The van der Waals surface area contributed by atoms with Crippen molar-refractivity contribution in [1.82, 2.24) is 4.90 Å². The quantitative estimate of drug-likeness (QED) is 0.678. The fourth-order valence-corrected chi connectivity index (χ4v) is 1.78. The first-order valence-electron chi connectivity index (χ1n) is 4.95. The SMILES string of the molecule is CCN(C(C)COC)C(C)(C)CN. The summed E-state index contributed by atoms with van der Waals surface area (Å²) in [4.78, 5) is 2.37. The van der Waals surface area contributed by atoms with Gasteiger partial charge in [0.1, 0.15) is 0 Å². The Balaban J connectivity index is 4.31. The van der Waals surface area contributed by atoms with Crippen molar-refractivity contribution in [1.29, 1.82) is 0 Å². The van der Waals surface area contributed by atoms with E-state index in [1.165, 1.54) is 0 Å². The Morgan fingerprint density at radius 2 is 2.00 bits per heavy atom. The maximum Gasteiger partial charge on any atom is 0.0615 e. The minimum absolute atomic E-state index is 0.0622. The number of ether oxygens (including phenoxy) is 1. The molecule has 13 heavy (non-hydrogen) atoms. The highest BCUT2D eigenvalue weighted by molar-refractivity contribution is 4.85. The van der Waals surface area contributed by atoms with Crippen LogP contribution < -0.4 is 5.73 Å². The van der Waals surface area contributed by atoms with Gasteiger partial charge in [-0.2, -0.15) is 0 Å². The van der Waals surface area contributed by atoms with E-state index in [2.05, 4.69) is 32.6 Å². The predicted octanol–water partition coefficient (Wildman–Crippen LogP) is 1.08. The van der Waals surface area contributed by atoms with Crippen LogP contribution >= 0.6 is 0 Å². The van der Waals surface area contributed by atoms with E-state index >= 15 is 0 Å². The van der Waals surface area contributed by atoms with Crippen LogP contribution in [0.2, 0.25) is 0 Å². The van der Waals surface area contributed by atoms with Crippen molar-refractivity contribution in [3.8, 4) is 0 Å². The Morgan fingerprint density at radius 1 is 1.46 bits per heavy atom. The molecule has 0 aliphatic rings. The Kier molecular flexibility index (Phi) is 5.53. The molecule has 1 atom stereocenters. The molecule has 0 spiro atoms.